The average Bonchev–Trinajstić information content (AvgIpc) is 3.07. The highest BCUT2D eigenvalue weighted by Gasteiger charge is 2.35. The molecule has 1 aromatic rings. The van der Waals surface area contributed by atoms with Gasteiger partial charge < -0.3 is 20.7 Å². The number of aliphatic hydroxyl groups excluding tert-OH is 2. The number of rotatable bonds is 13. The van der Waals surface area contributed by atoms with E-state index in [1.807, 2.05) is 0 Å². The van der Waals surface area contributed by atoms with Crippen LogP contribution in [0.2, 0.25) is 0 Å². The summed E-state index contributed by atoms with van der Waals surface area (Å²) in [5, 5.41) is 19.1. The highest BCUT2D eigenvalue weighted by molar-refractivity contribution is 5.99. The van der Waals surface area contributed by atoms with Crippen molar-refractivity contribution in [3.05, 3.63) is 22.2 Å². The monoisotopic (exact) mass is 409 g/mol. The fraction of sp³-hybridized carbons (Fsp3) is 0.762. The molecule has 1 aromatic heterocycles. The number of nitrogens with two attached hydrogens (primary N) is 1. The third-order valence-electron chi connectivity index (χ3n) is 5.48. The van der Waals surface area contributed by atoms with Crippen LogP contribution in [0, 0.1) is 0 Å². The molecule has 8 nitrogen and oxygen atoms in total. The van der Waals surface area contributed by atoms with Crippen molar-refractivity contribution in [1.29, 1.82) is 0 Å². The van der Waals surface area contributed by atoms with Crippen LogP contribution in [0.4, 0.5) is 5.82 Å². The number of hydrogen-bond acceptors (Lipinski definition) is 7. The first-order valence-electron chi connectivity index (χ1n) is 10.8. The highest BCUT2D eigenvalue weighted by Crippen LogP contribution is 2.28. The van der Waals surface area contributed by atoms with Gasteiger partial charge in [0.1, 0.15) is 18.1 Å². The number of carbonyl (C=O) groups excluding carboxylic acids is 1. The van der Waals surface area contributed by atoms with Crippen molar-refractivity contribution in [3.63, 3.8) is 0 Å². The standard InChI is InChI=1S/C21H35N3O5/c1-2-3-4-5-6-7-8-9-10-11-16(26)15-13-24(21(28)23-20(15)22)19-12-17(27)18(14-25)29-19/h13,17-19,25,27H,2-12,14H2,1H3,(H2,22,23,28)/t17-,18+,19+/m0/s1. The number of nitrogen functional groups attached to an aromatic ring is 1. The predicted octanol–water partition coefficient (Wildman–Crippen LogP) is 2.57. The quantitative estimate of drug-likeness (QED) is 0.337. The average molecular weight is 410 g/mol. The van der Waals surface area contributed by atoms with Crippen LogP contribution in [0.1, 0.15) is 94.1 Å². The molecule has 0 amide bonds. The minimum atomic E-state index is -0.879. The highest BCUT2D eigenvalue weighted by atomic mass is 16.5. The van der Waals surface area contributed by atoms with Gasteiger partial charge in [0.15, 0.2) is 5.78 Å². The van der Waals surface area contributed by atoms with E-state index in [4.69, 9.17) is 10.5 Å². The van der Waals surface area contributed by atoms with Crippen molar-refractivity contribution in [2.24, 2.45) is 0 Å². The van der Waals surface area contributed by atoms with Gasteiger partial charge in [0, 0.05) is 19.0 Å². The Kier molecular flexibility index (Phi) is 9.76. The lowest BCUT2D eigenvalue weighted by Crippen LogP contribution is -2.30. The zero-order valence-electron chi connectivity index (χ0n) is 17.4. The van der Waals surface area contributed by atoms with Crippen LogP contribution in [0.3, 0.4) is 0 Å². The van der Waals surface area contributed by atoms with Gasteiger partial charge in [-0.3, -0.25) is 9.36 Å². The fourth-order valence-corrected chi connectivity index (χ4v) is 3.68. The molecule has 4 N–H and O–H groups in total. The van der Waals surface area contributed by atoms with Crippen LogP contribution in [-0.4, -0.2) is 44.4 Å². The SMILES string of the molecule is CCCCCCCCCCCC(=O)c1cn([C@H]2C[C@H](O)[C@@H](CO)O2)c(=O)nc1N. The first-order chi connectivity index (χ1) is 14.0. The molecule has 3 atom stereocenters. The third-order valence-corrected chi connectivity index (χ3v) is 5.48. The number of hydrogen-bond donors (Lipinski definition) is 3. The molecular weight excluding hydrogens is 374 g/mol. The predicted molar refractivity (Wildman–Crippen MR) is 111 cm³/mol. The number of anilines is 1. The van der Waals surface area contributed by atoms with E-state index in [0.717, 1.165) is 19.3 Å². The molecule has 0 unspecified atom stereocenters. The number of ketones is 1. The van der Waals surface area contributed by atoms with Crippen LogP contribution >= 0.6 is 0 Å². The van der Waals surface area contributed by atoms with Gasteiger partial charge in [-0.05, 0) is 6.42 Å². The smallest absolute Gasteiger partial charge is 0.351 e. The van der Waals surface area contributed by atoms with Crippen molar-refractivity contribution < 1.29 is 19.7 Å². The molecule has 164 valence electrons. The van der Waals surface area contributed by atoms with E-state index in [0.29, 0.717) is 6.42 Å². The summed E-state index contributed by atoms with van der Waals surface area (Å²) in [5.74, 6) is -0.228. The summed E-state index contributed by atoms with van der Waals surface area (Å²) in [7, 11) is 0. The van der Waals surface area contributed by atoms with Gasteiger partial charge in [-0.2, -0.15) is 4.98 Å². The van der Waals surface area contributed by atoms with Crippen molar-refractivity contribution >= 4 is 11.6 Å². The van der Waals surface area contributed by atoms with Crippen LogP contribution in [0.15, 0.2) is 11.0 Å². The van der Waals surface area contributed by atoms with Crippen molar-refractivity contribution in [2.45, 2.75) is 96.0 Å². The van der Waals surface area contributed by atoms with Gasteiger partial charge in [0.2, 0.25) is 0 Å². The maximum absolute atomic E-state index is 12.6. The maximum Gasteiger partial charge on any atom is 0.351 e. The normalized spacial score (nSPS) is 21.6. The van der Waals surface area contributed by atoms with Crippen LogP contribution in [0.5, 0.6) is 0 Å². The Morgan fingerprint density at radius 3 is 2.41 bits per heavy atom. The number of Topliss-reactive ketones (excluding diaryl/α,β-unsaturated/α-hetero) is 1. The summed E-state index contributed by atoms with van der Waals surface area (Å²) >= 11 is 0. The summed E-state index contributed by atoms with van der Waals surface area (Å²) in [6, 6.07) is 0. The zero-order valence-corrected chi connectivity index (χ0v) is 17.4. The van der Waals surface area contributed by atoms with Crippen LogP contribution in [0.25, 0.3) is 0 Å². The lowest BCUT2D eigenvalue weighted by Gasteiger charge is -2.16. The molecule has 0 saturated carbocycles. The lowest BCUT2D eigenvalue weighted by molar-refractivity contribution is -0.0459. The van der Waals surface area contributed by atoms with E-state index in [-0.39, 0.29) is 30.2 Å². The molecular formula is C21H35N3O5. The van der Waals surface area contributed by atoms with Crippen LogP contribution < -0.4 is 11.4 Å². The minimum Gasteiger partial charge on any atom is -0.394 e. The maximum atomic E-state index is 12.6. The van der Waals surface area contributed by atoms with E-state index in [1.165, 1.54) is 49.3 Å². The molecule has 0 radical (unpaired) electrons. The number of unbranched alkanes of at least 4 members (excludes halogenated alkanes) is 8. The van der Waals surface area contributed by atoms with Gasteiger partial charge in [-0.25, -0.2) is 4.79 Å². The van der Waals surface area contributed by atoms with Gasteiger partial charge >= 0.3 is 5.69 Å². The third kappa shape index (κ3) is 6.90. The molecule has 0 bridgehead atoms. The number of nitrogens with zero attached hydrogens (tertiary/aromatic N) is 2. The molecule has 1 aliphatic heterocycles. The molecule has 0 aliphatic carbocycles. The van der Waals surface area contributed by atoms with Crippen molar-refractivity contribution in [3.8, 4) is 0 Å². The Labute approximate surface area is 172 Å². The van der Waals surface area contributed by atoms with Crippen molar-refractivity contribution in [2.75, 3.05) is 12.3 Å². The van der Waals surface area contributed by atoms with E-state index in [9.17, 15) is 19.8 Å². The second-order valence-corrected chi connectivity index (χ2v) is 7.85. The number of aromatic nitrogens is 2. The Morgan fingerprint density at radius 2 is 1.83 bits per heavy atom. The molecule has 8 heteroatoms. The summed E-state index contributed by atoms with van der Waals surface area (Å²) in [6.45, 7) is 1.86. The Morgan fingerprint density at radius 1 is 1.21 bits per heavy atom. The van der Waals surface area contributed by atoms with Crippen molar-refractivity contribution in [1.82, 2.24) is 9.55 Å². The molecule has 2 rings (SSSR count). The Hall–Kier alpha value is -1.77. The molecule has 29 heavy (non-hydrogen) atoms. The second-order valence-electron chi connectivity index (χ2n) is 7.85. The number of carbonyl (C=O) groups is 1. The second kappa shape index (κ2) is 12.0. The first-order valence-corrected chi connectivity index (χ1v) is 10.8. The molecule has 1 aliphatic rings. The topological polar surface area (TPSA) is 128 Å². The minimum absolute atomic E-state index is 0.0792. The summed E-state index contributed by atoms with van der Waals surface area (Å²) in [6.07, 6.45) is 9.92. The van der Waals surface area contributed by atoms with E-state index >= 15 is 0 Å². The largest absolute Gasteiger partial charge is 0.394 e. The summed E-state index contributed by atoms with van der Waals surface area (Å²) < 4.78 is 6.68. The lowest BCUT2D eigenvalue weighted by atomic mass is 10.0. The molecule has 1 fully saturated rings. The number of aliphatic hydroxyl groups is 2. The summed E-state index contributed by atoms with van der Waals surface area (Å²) in [5.41, 5.74) is 5.37. The van der Waals surface area contributed by atoms with E-state index in [2.05, 4.69) is 11.9 Å². The summed E-state index contributed by atoms with van der Waals surface area (Å²) in [4.78, 5) is 28.5. The fourth-order valence-electron chi connectivity index (χ4n) is 3.68. The van der Waals surface area contributed by atoms with Gasteiger partial charge in [-0.15, -0.1) is 0 Å². The van der Waals surface area contributed by atoms with Gasteiger partial charge in [0.05, 0.1) is 18.3 Å². The molecule has 2 heterocycles. The number of ether oxygens (including phenoxy) is 1. The zero-order chi connectivity index (χ0) is 21.2. The van der Waals surface area contributed by atoms with Gasteiger partial charge in [0.25, 0.3) is 0 Å². The van der Waals surface area contributed by atoms with E-state index < -0.39 is 24.1 Å². The van der Waals surface area contributed by atoms with Crippen LogP contribution in [-0.2, 0) is 4.74 Å². The van der Waals surface area contributed by atoms with E-state index in [1.54, 1.807) is 0 Å². The molecule has 0 aromatic carbocycles. The molecule has 0 spiro atoms. The molecule has 1 saturated heterocycles. The Bertz CT molecular complexity index is 706. The first kappa shape index (κ1) is 23.5. The van der Waals surface area contributed by atoms with Gasteiger partial charge in [-0.1, -0.05) is 58.3 Å². The Balaban J connectivity index is 1.85.